The van der Waals surface area contributed by atoms with Gasteiger partial charge in [0.2, 0.25) is 0 Å². The van der Waals surface area contributed by atoms with Crippen molar-refractivity contribution >= 4 is 21.9 Å². The van der Waals surface area contributed by atoms with E-state index in [0.29, 0.717) is 0 Å². The summed E-state index contributed by atoms with van der Waals surface area (Å²) >= 11 is 0. The van der Waals surface area contributed by atoms with Crippen LogP contribution in [0.5, 0.6) is 0 Å². The minimum atomic E-state index is 0.924. The van der Waals surface area contributed by atoms with E-state index in [1.165, 1.54) is 11.1 Å². The zero-order valence-corrected chi connectivity index (χ0v) is 21.4. The largest absolute Gasteiger partial charge is 0.460 e. The van der Waals surface area contributed by atoms with Crippen LogP contribution in [0, 0.1) is 13.8 Å². The highest BCUT2D eigenvalue weighted by Gasteiger charge is 2.18. The van der Waals surface area contributed by atoms with E-state index in [1.54, 1.807) is 0 Å². The number of benzene rings is 5. The normalized spacial score (nSPS) is 11.4. The van der Waals surface area contributed by atoms with Gasteiger partial charge in [-0.15, -0.1) is 0 Å². The summed E-state index contributed by atoms with van der Waals surface area (Å²) in [7, 11) is 0. The lowest BCUT2D eigenvalue weighted by atomic mass is 9.95. The van der Waals surface area contributed by atoms with Crippen molar-refractivity contribution in [1.29, 1.82) is 0 Å². The minimum absolute atomic E-state index is 0.924. The van der Waals surface area contributed by atoms with Gasteiger partial charge < -0.3 is 8.83 Å². The number of para-hydroxylation sites is 2. The number of aryl methyl sites for hydroxylation is 2. The number of furan rings is 2. The lowest BCUT2D eigenvalue weighted by molar-refractivity contribution is 0.580. The molecule has 0 aliphatic rings. The van der Waals surface area contributed by atoms with E-state index >= 15 is 0 Å². The van der Waals surface area contributed by atoms with E-state index < -0.39 is 0 Å². The Morgan fingerprint density at radius 2 is 0.763 bits per heavy atom. The molecule has 2 heteroatoms. The number of hydrogen-bond acceptors (Lipinski definition) is 2. The molecule has 0 spiro atoms. The van der Waals surface area contributed by atoms with E-state index in [9.17, 15) is 0 Å². The maximum Gasteiger partial charge on any atom is 0.142 e. The maximum absolute atomic E-state index is 6.35. The van der Waals surface area contributed by atoms with Crippen molar-refractivity contribution in [3.63, 3.8) is 0 Å². The van der Waals surface area contributed by atoms with Crippen molar-refractivity contribution in [3.05, 3.63) is 133 Å². The molecular formula is C36H26O2. The van der Waals surface area contributed by atoms with Gasteiger partial charge in [0.05, 0.1) is 0 Å². The summed E-state index contributed by atoms with van der Waals surface area (Å²) in [5, 5.41) is 2.28. The Kier molecular flexibility index (Phi) is 5.26. The van der Waals surface area contributed by atoms with Gasteiger partial charge in [-0.1, -0.05) is 121 Å². The summed E-state index contributed by atoms with van der Waals surface area (Å²) in [4.78, 5) is 0. The van der Waals surface area contributed by atoms with Crippen molar-refractivity contribution in [3.8, 4) is 44.5 Å². The summed E-state index contributed by atoms with van der Waals surface area (Å²) in [5.74, 6) is 1.87. The van der Waals surface area contributed by atoms with Gasteiger partial charge in [0.1, 0.15) is 22.7 Å². The van der Waals surface area contributed by atoms with Gasteiger partial charge in [-0.25, -0.2) is 0 Å². The molecule has 0 radical (unpaired) electrons. The SMILES string of the molecule is Cc1oc2c(-c3ccc(-c4cccc5c(-c6ccccc6)c(C)oc45)cc3)cccc2c1-c1ccccc1. The summed E-state index contributed by atoms with van der Waals surface area (Å²) < 4.78 is 12.7. The minimum Gasteiger partial charge on any atom is -0.460 e. The van der Waals surface area contributed by atoms with Crippen LogP contribution < -0.4 is 0 Å². The predicted molar refractivity (Wildman–Crippen MR) is 157 cm³/mol. The Bertz CT molecular complexity index is 1760. The van der Waals surface area contributed by atoms with E-state index in [1.807, 2.05) is 26.0 Å². The van der Waals surface area contributed by atoms with Gasteiger partial charge in [-0.2, -0.15) is 0 Å². The third-order valence-electron chi connectivity index (χ3n) is 7.42. The Labute approximate surface area is 221 Å². The van der Waals surface area contributed by atoms with E-state index in [2.05, 4.69) is 109 Å². The highest BCUT2D eigenvalue weighted by atomic mass is 16.3. The van der Waals surface area contributed by atoms with Crippen molar-refractivity contribution in [2.24, 2.45) is 0 Å². The quantitative estimate of drug-likeness (QED) is 0.245. The molecule has 0 atom stereocenters. The molecule has 0 saturated carbocycles. The van der Waals surface area contributed by atoms with Crippen LogP contribution in [0.15, 0.2) is 130 Å². The molecule has 0 aliphatic carbocycles. The third kappa shape index (κ3) is 3.57. The zero-order chi connectivity index (χ0) is 25.6. The van der Waals surface area contributed by atoms with E-state index in [-0.39, 0.29) is 0 Å². The van der Waals surface area contributed by atoms with Crippen molar-refractivity contribution in [1.82, 2.24) is 0 Å². The Balaban J connectivity index is 1.31. The molecule has 0 fully saturated rings. The van der Waals surface area contributed by atoms with Crippen molar-refractivity contribution in [2.75, 3.05) is 0 Å². The third-order valence-corrected chi connectivity index (χ3v) is 7.42. The van der Waals surface area contributed by atoms with Gasteiger partial charge >= 0.3 is 0 Å². The Hall–Kier alpha value is -4.82. The molecule has 38 heavy (non-hydrogen) atoms. The number of fused-ring (bicyclic) bond motifs is 2. The van der Waals surface area contributed by atoms with Crippen LogP contribution >= 0.6 is 0 Å². The molecule has 0 aliphatic heterocycles. The summed E-state index contributed by atoms with van der Waals surface area (Å²) in [5.41, 5.74) is 11.0. The van der Waals surface area contributed by atoms with E-state index in [4.69, 9.17) is 8.83 Å². The van der Waals surface area contributed by atoms with Gasteiger partial charge in [0.25, 0.3) is 0 Å². The first-order valence-electron chi connectivity index (χ1n) is 12.9. The van der Waals surface area contributed by atoms with Crippen LogP contribution in [0.3, 0.4) is 0 Å². The fourth-order valence-corrected chi connectivity index (χ4v) is 5.69. The van der Waals surface area contributed by atoms with Crippen LogP contribution in [-0.4, -0.2) is 0 Å². The lowest BCUT2D eigenvalue weighted by Crippen LogP contribution is -1.83. The second-order valence-electron chi connectivity index (χ2n) is 9.74. The molecule has 7 rings (SSSR count). The highest BCUT2D eigenvalue weighted by Crippen LogP contribution is 2.41. The molecule has 2 aromatic heterocycles. The standard InChI is InChI=1S/C36H26O2/c1-23-33(27-11-5-3-6-12-27)31-17-9-15-29(35(31)37-23)25-19-21-26(22-20-25)30-16-10-18-32-34(24(2)38-36(30)32)28-13-7-4-8-14-28/h3-22H,1-2H3. The molecule has 2 nitrogen and oxygen atoms in total. The number of rotatable bonds is 4. The number of hydrogen-bond donors (Lipinski definition) is 0. The van der Waals surface area contributed by atoms with Gasteiger partial charge in [-0.05, 0) is 36.1 Å². The van der Waals surface area contributed by atoms with Crippen molar-refractivity contribution < 1.29 is 8.83 Å². The molecule has 182 valence electrons. The Morgan fingerprint density at radius 1 is 0.368 bits per heavy atom. The van der Waals surface area contributed by atoms with Crippen LogP contribution in [-0.2, 0) is 0 Å². The molecule has 0 amide bonds. The first kappa shape index (κ1) is 22.4. The summed E-state index contributed by atoms with van der Waals surface area (Å²) in [6.45, 7) is 4.09. The second-order valence-corrected chi connectivity index (χ2v) is 9.74. The van der Waals surface area contributed by atoms with Gasteiger partial charge in [0.15, 0.2) is 0 Å². The molecule has 2 heterocycles. The average Bonchev–Trinajstić information content (AvgIpc) is 3.49. The first-order chi connectivity index (χ1) is 18.7. The summed E-state index contributed by atoms with van der Waals surface area (Å²) in [6.07, 6.45) is 0. The van der Waals surface area contributed by atoms with Gasteiger partial charge in [0, 0.05) is 33.0 Å². The van der Waals surface area contributed by atoms with Gasteiger partial charge in [-0.3, -0.25) is 0 Å². The van der Waals surface area contributed by atoms with Crippen LogP contribution in [0.25, 0.3) is 66.4 Å². The highest BCUT2D eigenvalue weighted by molar-refractivity contribution is 6.04. The molecule has 7 aromatic rings. The predicted octanol–water partition coefficient (Wildman–Crippen LogP) is 10.5. The molecular weight excluding hydrogens is 464 g/mol. The van der Waals surface area contributed by atoms with Crippen LogP contribution in [0.1, 0.15) is 11.5 Å². The fraction of sp³-hybridized carbons (Fsp3) is 0.0556. The molecule has 0 unspecified atom stereocenters. The fourth-order valence-electron chi connectivity index (χ4n) is 5.69. The monoisotopic (exact) mass is 490 g/mol. The zero-order valence-electron chi connectivity index (χ0n) is 21.4. The molecule has 0 N–H and O–H groups in total. The molecule has 0 saturated heterocycles. The second kappa shape index (κ2) is 8.93. The molecule has 5 aromatic carbocycles. The lowest BCUT2D eigenvalue weighted by Gasteiger charge is -2.07. The maximum atomic E-state index is 6.35. The average molecular weight is 491 g/mol. The van der Waals surface area contributed by atoms with Crippen LogP contribution in [0.4, 0.5) is 0 Å². The van der Waals surface area contributed by atoms with Crippen LogP contribution in [0.2, 0.25) is 0 Å². The summed E-state index contributed by atoms with van der Waals surface area (Å²) in [6, 6.07) is 42.4. The molecule has 0 bridgehead atoms. The first-order valence-corrected chi connectivity index (χ1v) is 12.9. The topological polar surface area (TPSA) is 26.3 Å². The van der Waals surface area contributed by atoms with Crippen molar-refractivity contribution in [2.45, 2.75) is 13.8 Å². The van der Waals surface area contributed by atoms with E-state index in [0.717, 1.165) is 66.8 Å². The Morgan fingerprint density at radius 3 is 1.16 bits per heavy atom. The smallest absolute Gasteiger partial charge is 0.142 e.